The van der Waals surface area contributed by atoms with E-state index in [1.165, 1.54) is 19.3 Å². The second-order valence-electron chi connectivity index (χ2n) is 5.49. The van der Waals surface area contributed by atoms with E-state index in [4.69, 9.17) is 10.9 Å². The van der Waals surface area contributed by atoms with Gasteiger partial charge in [0.2, 0.25) is 5.91 Å². The molecule has 18 heavy (non-hydrogen) atoms. The molecule has 1 saturated carbocycles. The van der Waals surface area contributed by atoms with Crippen molar-refractivity contribution >= 4 is 11.7 Å². The van der Waals surface area contributed by atoms with Crippen molar-refractivity contribution in [1.82, 2.24) is 4.90 Å². The molecule has 5 nitrogen and oxygen atoms in total. The van der Waals surface area contributed by atoms with Crippen LogP contribution in [-0.2, 0) is 4.79 Å². The number of oxime groups is 1. The first-order valence-corrected chi connectivity index (χ1v) is 6.74. The SMILES string of the molecule is CCN(C(=O)C(C)(C)C(N)=NO)C1CCCCC1. The summed E-state index contributed by atoms with van der Waals surface area (Å²) in [6.45, 7) is 6.06. The van der Waals surface area contributed by atoms with Gasteiger partial charge in [-0.2, -0.15) is 0 Å². The van der Waals surface area contributed by atoms with Gasteiger partial charge < -0.3 is 15.8 Å². The number of carbonyl (C=O) groups excluding carboxylic acids is 1. The van der Waals surface area contributed by atoms with Crippen molar-refractivity contribution in [3.8, 4) is 0 Å². The Morgan fingerprint density at radius 2 is 1.94 bits per heavy atom. The summed E-state index contributed by atoms with van der Waals surface area (Å²) in [6, 6.07) is 0.307. The van der Waals surface area contributed by atoms with Crippen molar-refractivity contribution in [1.29, 1.82) is 0 Å². The highest BCUT2D eigenvalue weighted by Crippen LogP contribution is 2.27. The highest BCUT2D eigenvalue weighted by atomic mass is 16.4. The molecule has 0 aromatic carbocycles. The number of hydrogen-bond donors (Lipinski definition) is 2. The van der Waals surface area contributed by atoms with Crippen LogP contribution in [0.5, 0.6) is 0 Å². The Morgan fingerprint density at radius 1 is 1.39 bits per heavy atom. The molecule has 0 radical (unpaired) electrons. The molecule has 5 heteroatoms. The molecular weight excluding hydrogens is 230 g/mol. The Kier molecular flexibility index (Phi) is 4.99. The molecule has 1 aliphatic carbocycles. The fraction of sp³-hybridized carbons (Fsp3) is 0.846. The predicted octanol–water partition coefficient (Wildman–Crippen LogP) is 1.94. The van der Waals surface area contributed by atoms with Crippen molar-refractivity contribution < 1.29 is 10.0 Å². The first-order valence-electron chi connectivity index (χ1n) is 6.74. The van der Waals surface area contributed by atoms with Crippen molar-refractivity contribution in [2.75, 3.05) is 6.54 Å². The monoisotopic (exact) mass is 255 g/mol. The Labute approximate surface area is 109 Å². The summed E-state index contributed by atoms with van der Waals surface area (Å²) < 4.78 is 0. The van der Waals surface area contributed by atoms with E-state index >= 15 is 0 Å². The molecule has 0 aromatic rings. The first kappa shape index (κ1) is 14.8. The Balaban J connectivity index is 2.84. The van der Waals surface area contributed by atoms with Gasteiger partial charge in [-0.15, -0.1) is 0 Å². The zero-order valence-electron chi connectivity index (χ0n) is 11.6. The van der Waals surface area contributed by atoms with Crippen LogP contribution in [-0.4, -0.2) is 34.4 Å². The minimum Gasteiger partial charge on any atom is -0.409 e. The minimum absolute atomic E-state index is 0.0261. The fourth-order valence-corrected chi connectivity index (χ4v) is 2.55. The number of rotatable bonds is 4. The Bertz CT molecular complexity index is 320. The molecule has 3 N–H and O–H groups in total. The Morgan fingerprint density at radius 3 is 2.39 bits per heavy atom. The summed E-state index contributed by atoms with van der Waals surface area (Å²) in [7, 11) is 0. The van der Waals surface area contributed by atoms with Crippen LogP contribution < -0.4 is 5.73 Å². The maximum absolute atomic E-state index is 12.5. The molecule has 0 atom stereocenters. The third-order valence-electron chi connectivity index (χ3n) is 3.90. The number of carbonyl (C=O) groups is 1. The lowest BCUT2D eigenvalue weighted by Gasteiger charge is -2.38. The maximum atomic E-state index is 12.5. The molecule has 1 fully saturated rings. The fourth-order valence-electron chi connectivity index (χ4n) is 2.55. The summed E-state index contributed by atoms with van der Waals surface area (Å²) in [5, 5.41) is 11.8. The smallest absolute Gasteiger partial charge is 0.236 e. The number of hydrogen-bond acceptors (Lipinski definition) is 3. The Hall–Kier alpha value is -1.26. The lowest BCUT2D eigenvalue weighted by molar-refractivity contribution is -0.140. The molecule has 0 unspecified atom stereocenters. The molecule has 0 heterocycles. The maximum Gasteiger partial charge on any atom is 0.236 e. The molecule has 0 aromatic heterocycles. The van der Waals surface area contributed by atoms with Gasteiger partial charge in [0.05, 0.1) is 0 Å². The van der Waals surface area contributed by atoms with Crippen LogP contribution in [0.25, 0.3) is 0 Å². The van der Waals surface area contributed by atoms with Crippen LogP contribution in [0.4, 0.5) is 0 Å². The van der Waals surface area contributed by atoms with E-state index in [1.807, 2.05) is 11.8 Å². The van der Waals surface area contributed by atoms with E-state index in [0.717, 1.165) is 12.8 Å². The van der Waals surface area contributed by atoms with Gasteiger partial charge in [-0.25, -0.2) is 0 Å². The minimum atomic E-state index is -0.942. The van der Waals surface area contributed by atoms with Gasteiger partial charge in [0.1, 0.15) is 5.41 Å². The molecule has 104 valence electrons. The molecule has 0 saturated heterocycles. The van der Waals surface area contributed by atoms with Gasteiger partial charge in [0, 0.05) is 12.6 Å². The lowest BCUT2D eigenvalue weighted by atomic mass is 9.87. The normalized spacial score (nSPS) is 18.7. The van der Waals surface area contributed by atoms with Crippen LogP contribution in [0.1, 0.15) is 52.9 Å². The summed E-state index contributed by atoms with van der Waals surface area (Å²) >= 11 is 0. The van der Waals surface area contributed by atoms with Crippen LogP contribution in [0.2, 0.25) is 0 Å². The first-order chi connectivity index (χ1) is 8.45. The molecule has 0 aliphatic heterocycles. The van der Waals surface area contributed by atoms with Gasteiger partial charge in [-0.3, -0.25) is 4.79 Å². The van der Waals surface area contributed by atoms with Gasteiger partial charge in [-0.1, -0.05) is 24.4 Å². The molecule has 0 bridgehead atoms. The predicted molar refractivity (Wildman–Crippen MR) is 71.4 cm³/mol. The third kappa shape index (κ3) is 2.94. The van der Waals surface area contributed by atoms with E-state index in [1.54, 1.807) is 13.8 Å². The van der Waals surface area contributed by atoms with Crippen molar-refractivity contribution in [2.24, 2.45) is 16.3 Å². The molecule has 0 spiro atoms. The highest BCUT2D eigenvalue weighted by molar-refractivity contribution is 6.05. The van der Waals surface area contributed by atoms with Gasteiger partial charge in [0.25, 0.3) is 0 Å². The number of amidine groups is 1. The standard InChI is InChI=1S/C13H25N3O2/c1-4-16(10-8-6-5-7-9-10)12(17)13(2,3)11(14)15-18/h10,18H,4-9H2,1-3H3,(H2,14,15). The van der Waals surface area contributed by atoms with Crippen LogP contribution in [0, 0.1) is 5.41 Å². The molecule has 1 aliphatic rings. The van der Waals surface area contributed by atoms with E-state index in [0.29, 0.717) is 12.6 Å². The van der Waals surface area contributed by atoms with E-state index in [9.17, 15) is 4.79 Å². The van der Waals surface area contributed by atoms with Crippen molar-refractivity contribution in [2.45, 2.75) is 58.9 Å². The second kappa shape index (κ2) is 6.07. The van der Waals surface area contributed by atoms with Crippen LogP contribution in [0.3, 0.4) is 0 Å². The summed E-state index contributed by atoms with van der Waals surface area (Å²) in [6.07, 6.45) is 5.74. The van der Waals surface area contributed by atoms with Crippen molar-refractivity contribution in [3.05, 3.63) is 0 Å². The van der Waals surface area contributed by atoms with Gasteiger partial charge in [-0.05, 0) is 33.6 Å². The summed E-state index contributed by atoms with van der Waals surface area (Å²) in [5.41, 5.74) is 4.68. The average Bonchev–Trinajstić information content (AvgIpc) is 2.39. The quantitative estimate of drug-likeness (QED) is 0.349. The molecule has 1 rings (SSSR count). The highest BCUT2D eigenvalue weighted by Gasteiger charge is 2.38. The van der Waals surface area contributed by atoms with Gasteiger partial charge >= 0.3 is 0 Å². The van der Waals surface area contributed by atoms with Crippen LogP contribution >= 0.6 is 0 Å². The van der Waals surface area contributed by atoms with E-state index in [2.05, 4.69) is 5.16 Å². The number of nitrogens with two attached hydrogens (primary N) is 1. The average molecular weight is 255 g/mol. The topological polar surface area (TPSA) is 78.9 Å². The summed E-state index contributed by atoms with van der Waals surface area (Å²) in [4.78, 5) is 14.4. The zero-order valence-corrected chi connectivity index (χ0v) is 11.6. The summed E-state index contributed by atoms with van der Waals surface area (Å²) in [5.74, 6) is -0.0750. The second-order valence-corrected chi connectivity index (χ2v) is 5.49. The molecular formula is C13H25N3O2. The van der Waals surface area contributed by atoms with Crippen molar-refractivity contribution in [3.63, 3.8) is 0 Å². The third-order valence-corrected chi connectivity index (χ3v) is 3.90. The zero-order chi connectivity index (χ0) is 13.8. The van der Waals surface area contributed by atoms with E-state index in [-0.39, 0.29) is 11.7 Å². The van der Waals surface area contributed by atoms with Crippen LogP contribution in [0.15, 0.2) is 5.16 Å². The van der Waals surface area contributed by atoms with E-state index < -0.39 is 5.41 Å². The van der Waals surface area contributed by atoms with Gasteiger partial charge in [0.15, 0.2) is 5.84 Å². The lowest BCUT2D eigenvalue weighted by Crippen LogP contribution is -2.51. The number of nitrogens with zero attached hydrogens (tertiary/aromatic N) is 2. The molecule has 1 amide bonds. The largest absolute Gasteiger partial charge is 0.409 e. The number of amides is 1.